The Kier molecular flexibility index (Phi) is 4.33. The van der Waals surface area contributed by atoms with Gasteiger partial charge >= 0.3 is 0 Å². The van der Waals surface area contributed by atoms with Gasteiger partial charge in [0.25, 0.3) is 0 Å². The van der Waals surface area contributed by atoms with Crippen molar-refractivity contribution in [3.05, 3.63) is 33.8 Å². The summed E-state index contributed by atoms with van der Waals surface area (Å²) in [5.74, 6) is 0.121. The number of nitrogens with two attached hydrogens (primary N) is 1. The van der Waals surface area contributed by atoms with E-state index in [-0.39, 0.29) is 23.5 Å². The minimum absolute atomic E-state index is 0.120. The quantitative estimate of drug-likeness (QED) is 0.857. The number of benzene rings is 1. The number of piperidine rings is 1. The maximum atomic E-state index is 12.3. The summed E-state index contributed by atoms with van der Waals surface area (Å²) in [5, 5.41) is 1.14. The molecule has 0 aliphatic carbocycles. The molecular formula is C15H20Cl2N2O. The van der Waals surface area contributed by atoms with Crippen molar-refractivity contribution >= 4 is 29.1 Å². The molecule has 0 radical (unpaired) electrons. The molecule has 2 N–H and O–H groups in total. The van der Waals surface area contributed by atoms with Gasteiger partial charge in [0.1, 0.15) is 0 Å². The number of nitrogens with zero attached hydrogens (tertiary/aromatic N) is 1. The molecule has 20 heavy (non-hydrogen) atoms. The zero-order valence-electron chi connectivity index (χ0n) is 12.0. The number of carbonyl (C=O) groups is 1. The smallest absolute Gasteiger partial charge is 0.223 e. The van der Waals surface area contributed by atoms with Gasteiger partial charge < -0.3 is 10.6 Å². The molecule has 0 saturated carbocycles. The first kappa shape index (κ1) is 15.6. The van der Waals surface area contributed by atoms with E-state index in [2.05, 4.69) is 0 Å². The third kappa shape index (κ3) is 2.95. The fourth-order valence-electron chi connectivity index (χ4n) is 2.82. The minimum atomic E-state index is -0.303. The minimum Gasteiger partial charge on any atom is -0.329 e. The normalized spacial score (nSPS) is 24.1. The SMILES string of the molecule is CC(C)(C)N1C(=O)CCC(N)C1c1ccc(Cl)cc1Cl. The van der Waals surface area contributed by atoms with E-state index >= 15 is 0 Å². The van der Waals surface area contributed by atoms with Crippen LogP contribution in [0.25, 0.3) is 0 Å². The zero-order chi connectivity index (χ0) is 15.1. The molecular weight excluding hydrogens is 295 g/mol. The molecule has 3 nitrogen and oxygen atoms in total. The second-order valence-electron chi connectivity index (χ2n) is 6.25. The van der Waals surface area contributed by atoms with Crippen LogP contribution in [0, 0.1) is 0 Å². The average molecular weight is 315 g/mol. The number of hydrogen-bond acceptors (Lipinski definition) is 2. The van der Waals surface area contributed by atoms with E-state index < -0.39 is 0 Å². The van der Waals surface area contributed by atoms with Crippen molar-refractivity contribution in [2.45, 2.75) is 51.2 Å². The van der Waals surface area contributed by atoms with Gasteiger partial charge in [-0.05, 0) is 44.9 Å². The van der Waals surface area contributed by atoms with E-state index in [4.69, 9.17) is 28.9 Å². The van der Waals surface area contributed by atoms with Crippen molar-refractivity contribution in [3.63, 3.8) is 0 Å². The summed E-state index contributed by atoms with van der Waals surface area (Å²) in [6.07, 6.45) is 1.16. The van der Waals surface area contributed by atoms with E-state index in [0.717, 1.165) is 5.56 Å². The van der Waals surface area contributed by atoms with Crippen molar-refractivity contribution < 1.29 is 4.79 Å². The number of hydrogen-bond donors (Lipinski definition) is 1. The van der Waals surface area contributed by atoms with Crippen LogP contribution in [0.3, 0.4) is 0 Å². The van der Waals surface area contributed by atoms with Crippen molar-refractivity contribution in [2.75, 3.05) is 0 Å². The Morgan fingerprint density at radius 3 is 2.50 bits per heavy atom. The molecule has 1 fully saturated rings. The fourth-order valence-corrected chi connectivity index (χ4v) is 3.34. The Morgan fingerprint density at radius 2 is 1.95 bits per heavy atom. The molecule has 0 aromatic heterocycles. The topological polar surface area (TPSA) is 46.3 Å². The van der Waals surface area contributed by atoms with Crippen molar-refractivity contribution in [3.8, 4) is 0 Å². The highest BCUT2D eigenvalue weighted by Crippen LogP contribution is 2.39. The van der Waals surface area contributed by atoms with Crippen molar-refractivity contribution in [1.29, 1.82) is 0 Å². The number of carbonyl (C=O) groups excluding carboxylic acids is 1. The standard InChI is InChI=1S/C15H20Cl2N2O/c1-15(2,3)19-13(20)7-6-12(18)14(19)10-5-4-9(16)8-11(10)17/h4-5,8,12,14H,6-7,18H2,1-3H3. The van der Waals surface area contributed by atoms with Gasteiger partial charge in [0.2, 0.25) is 5.91 Å². The molecule has 1 saturated heterocycles. The number of amides is 1. The zero-order valence-corrected chi connectivity index (χ0v) is 13.5. The van der Waals surface area contributed by atoms with Gasteiger partial charge in [0, 0.05) is 28.0 Å². The largest absolute Gasteiger partial charge is 0.329 e. The summed E-state index contributed by atoms with van der Waals surface area (Å²) in [6.45, 7) is 6.04. The Bertz CT molecular complexity index is 525. The van der Waals surface area contributed by atoms with Crippen LogP contribution in [0.4, 0.5) is 0 Å². The van der Waals surface area contributed by atoms with Gasteiger partial charge in [-0.15, -0.1) is 0 Å². The second kappa shape index (κ2) is 5.55. The van der Waals surface area contributed by atoms with Crippen LogP contribution in [0.5, 0.6) is 0 Å². The second-order valence-corrected chi connectivity index (χ2v) is 7.09. The summed E-state index contributed by atoms with van der Waals surface area (Å²) in [6, 6.07) is 5.03. The molecule has 1 aliphatic rings. The summed E-state index contributed by atoms with van der Waals surface area (Å²) in [7, 11) is 0. The molecule has 1 aromatic carbocycles. The summed E-state index contributed by atoms with van der Waals surface area (Å²) >= 11 is 12.3. The lowest BCUT2D eigenvalue weighted by atomic mass is 9.86. The predicted octanol–water partition coefficient (Wildman–Crippen LogP) is 3.78. The maximum Gasteiger partial charge on any atom is 0.223 e. The van der Waals surface area contributed by atoms with Crippen LogP contribution in [-0.4, -0.2) is 22.4 Å². The van der Waals surface area contributed by atoms with Gasteiger partial charge in [0.05, 0.1) is 6.04 Å². The summed E-state index contributed by atoms with van der Waals surface area (Å²) in [4.78, 5) is 14.2. The van der Waals surface area contributed by atoms with Crippen LogP contribution >= 0.6 is 23.2 Å². The summed E-state index contributed by atoms with van der Waals surface area (Å²) < 4.78 is 0. The van der Waals surface area contributed by atoms with Crippen LogP contribution in [0.2, 0.25) is 10.0 Å². The third-order valence-corrected chi connectivity index (χ3v) is 4.21. The molecule has 0 bridgehead atoms. The molecule has 2 unspecified atom stereocenters. The van der Waals surface area contributed by atoms with Gasteiger partial charge in [-0.2, -0.15) is 0 Å². The molecule has 5 heteroatoms. The molecule has 1 aromatic rings. The first-order valence-corrected chi connectivity index (χ1v) is 7.50. The number of rotatable bonds is 1. The Morgan fingerprint density at radius 1 is 1.30 bits per heavy atom. The van der Waals surface area contributed by atoms with Crippen molar-refractivity contribution in [1.82, 2.24) is 4.90 Å². The highest BCUT2D eigenvalue weighted by Gasteiger charge is 2.41. The van der Waals surface area contributed by atoms with Gasteiger partial charge in [-0.25, -0.2) is 0 Å². The van der Waals surface area contributed by atoms with E-state index in [1.54, 1.807) is 12.1 Å². The van der Waals surface area contributed by atoms with Crippen LogP contribution in [0.15, 0.2) is 18.2 Å². The molecule has 110 valence electrons. The highest BCUT2D eigenvalue weighted by molar-refractivity contribution is 6.35. The maximum absolute atomic E-state index is 12.3. The van der Waals surface area contributed by atoms with E-state index in [0.29, 0.717) is 22.9 Å². The average Bonchev–Trinajstić information content (AvgIpc) is 2.31. The van der Waals surface area contributed by atoms with E-state index in [1.807, 2.05) is 31.7 Å². The van der Waals surface area contributed by atoms with Crippen LogP contribution < -0.4 is 5.73 Å². The Balaban J connectivity index is 2.50. The van der Waals surface area contributed by atoms with Gasteiger partial charge in [-0.3, -0.25) is 4.79 Å². The third-order valence-electron chi connectivity index (χ3n) is 3.65. The number of halogens is 2. The Hall–Kier alpha value is -0.770. The molecule has 1 aliphatic heterocycles. The molecule has 1 heterocycles. The first-order valence-electron chi connectivity index (χ1n) is 6.74. The predicted molar refractivity (Wildman–Crippen MR) is 83.0 cm³/mol. The lowest BCUT2D eigenvalue weighted by Crippen LogP contribution is -2.56. The van der Waals surface area contributed by atoms with E-state index in [1.165, 1.54) is 0 Å². The lowest BCUT2D eigenvalue weighted by Gasteiger charge is -2.47. The summed E-state index contributed by atoms with van der Waals surface area (Å²) in [5.41, 5.74) is 6.85. The first-order chi connectivity index (χ1) is 9.21. The molecule has 2 atom stereocenters. The molecule has 2 rings (SSSR count). The Labute approximate surface area is 130 Å². The van der Waals surface area contributed by atoms with Crippen molar-refractivity contribution in [2.24, 2.45) is 5.73 Å². The van der Waals surface area contributed by atoms with E-state index in [9.17, 15) is 4.79 Å². The molecule has 0 spiro atoms. The van der Waals surface area contributed by atoms with Crippen LogP contribution in [-0.2, 0) is 4.79 Å². The highest BCUT2D eigenvalue weighted by atomic mass is 35.5. The molecule has 1 amide bonds. The van der Waals surface area contributed by atoms with Gasteiger partial charge in [-0.1, -0.05) is 29.3 Å². The number of likely N-dealkylation sites (tertiary alicyclic amines) is 1. The fraction of sp³-hybridized carbons (Fsp3) is 0.533. The van der Waals surface area contributed by atoms with Crippen LogP contribution in [0.1, 0.15) is 45.2 Å². The lowest BCUT2D eigenvalue weighted by molar-refractivity contribution is -0.144. The van der Waals surface area contributed by atoms with Gasteiger partial charge in [0.15, 0.2) is 0 Å². The monoisotopic (exact) mass is 314 g/mol.